The van der Waals surface area contributed by atoms with Crippen molar-refractivity contribution < 1.29 is 4.79 Å². The second kappa shape index (κ2) is 3.73. The summed E-state index contributed by atoms with van der Waals surface area (Å²) in [7, 11) is 1.88. The molecule has 0 saturated carbocycles. The molecule has 0 saturated heterocycles. The number of rotatable bonds is 1. The van der Waals surface area contributed by atoms with Gasteiger partial charge in [0.1, 0.15) is 0 Å². The first kappa shape index (κ1) is 10.1. The fraction of sp³-hybridized carbons (Fsp3) is 0.231. The first-order chi connectivity index (χ1) is 8.24. The Morgan fingerprint density at radius 2 is 2.24 bits per heavy atom. The summed E-state index contributed by atoms with van der Waals surface area (Å²) in [5.41, 5.74) is 3.99. The molecule has 0 aliphatic carbocycles. The third-order valence-corrected chi connectivity index (χ3v) is 3.07. The highest BCUT2D eigenvalue weighted by Gasteiger charge is 2.17. The van der Waals surface area contributed by atoms with Gasteiger partial charge in [-0.15, -0.1) is 0 Å². The zero-order chi connectivity index (χ0) is 11.8. The van der Waals surface area contributed by atoms with Gasteiger partial charge in [-0.05, 0) is 23.6 Å². The van der Waals surface area contributed by atoms with Gasteiger partial charge < -0.3 is 5.32 Å². The lowest BCUT2D eigenvalue weighted by molar-refractivity contribution is 0.0946. The van der Waals surface area contributed by atoms with Gasteiger partial charge in [-0.1, -0.05) is 12.1 Å². The summed E-state index contributed by atoms with van der Waals surface area (Å²) in [4.78, 5) is 11.7. The van der Waals surface area contributed by atoms with Crippen LogP contribution in [0.15, 0.2) is 30.6 Å². The molecule has 1 aliphatic rings. The number of aromatic nitrogens is 2. The van der Waals surface area contributed by atoms with E-state index < -0.39 is 0 Å². The summed E-state index contributed by atoms with van der Waals surface area (Å²) < 4.78 is 1.76. The molecular formula is C13H13N3O. The van der Waals surface area contributed by atoms with Gasteiger partial charge in [-0.3, -0.25) is 9.48 Å². The Morgan fingerprint density at radius 3 is 3.00 bits per heavy atom. The smallest absolute Gasteiger partial charge is 0.251 e. The van der Waals surface area contributed by atoms with Crippen molar-refractivity contribution in [3.05, 3.63) is 41.7 Å². The van der Waals surface area contributed by atoms with Crippen molar-refractivity contribution in [1.82, 2.24) is 15.1 Å². The molecule has 2 aromatic rings. The van der Waals surface area contributed by atoms with Crippen LogP contribution in [0, 0.1) is 0 Å². The van der Waals surface area contributed by atoms with Crippen LogP contribution in [0.2, 0.25) is 0 Å². The van der Waals surface area contributed by atoms with Crippen molar-refractivity contribution >= 4 is 5.91 Å². The average molecular weight is 227 g/mol. The second-order valence-electron chi connectivity index (χ2n) is 4.28. The normalized spacial score (nSPS) is 14.3. The minimum atomic E-state index is 0.0250. The Hall–Kier alpha value is -2.10. The SMILES string of the molecule is Cn1cc(-c2ccc3c(c2)C(=O)NCC3)cn1. The number of aryl methyl sites for hydroxylation is 1. The lowest BCUT2D eigenvalue weighted by Gasteiger charge is -2.16. The minimum absolute atomic E-state index is 0.0250. The van der Waals surface area contributed by atoms with Crippen LogP contribution in [0.25, 0.3) is 11.1 Å². The van der Waals surface area contributed by atoms with Crippen molar-refractivity contribution in [2.45, 2.75) is 6.42 Å². The van der Waals surface area contributed by atoms with E-state index >= 15 is 0 Å². The Morgan fingerprint density at radius 1 is 1.35 bits per heavy atom. The monoisotopic (exact) mass is 227 g/mol. The molecule has 0 bridgehead atoms. The van der Waals surface area contributed by atoms with Gasteiger partial charge in [0.25, 0.3) is 5.91 Å². The number of nitrogens with one attached hydrogen (secondary N) is 1. The van der Waals surface area contributed by atoms with Crippen molar-refractivity contribution in [2.75, 3.05) is 6.54 Å². The molecule has 4 heteroatoms. The fourth-order valence-corrected chi connectivity index (χ4v) is 2.16. The largest absolute Gasteiger partial charge is 0.352 e. The maximum absolute atomic E-state index is 11.7. The second-order valence-corrected chi connectivity index (χ2v) is 4.28. The molecule has 1 N–H and O–H groups in total. The van der Waals surface area contributed by atoms with Crippen LogP contribution in [0.1, 0.15) is 15.9 Å². The molecule has 1 aromatic carbocycles. The van der Waals surface area contributed by atoms with Crippen LogP contribution in [-0.2, 0) is 13.5 Å². The van der Waals surface area contributed by atoms with Gasteiger partial charge in [-0.2, -0.15) is 5.10 Å². The zero-order valence-electron chi connectivity index (χ0n) is 9.60. The quantitative estimate of drug-likeness (QED) is 0.800. The number of hydrogen-bond donors (Lipinski definition) is 1. The zero-order valence-corrected chi connectivity index (χ0v) is 9.60. The van der Waals surface area contributed by atoms with Crippen LogP contribution in [0.5, 0.6) is 0 Å². The molecule has 1 amide bonds. The molecule has 17 heavy (non-hydrogen) atoms. The number of carbonyl (C=O) groups excluding carboxylic acids is 1. The van der Waals surface area contributed by atoms with Crippen LogP contribution in [0.4, 0.5) is 0 Å². The summed E-state index contributed by atoms with van der Waals surface area (Å²) in [6.07, 6.45) is 4.67. The van der Waals surface area contributed by atoms with Crippen molar-refractivity contribution in [3.8, 4) is 11.1 Å². The number of hydrogen-bond acceptors (Lipinski definition) is 2. The van der Waals surface area contributed by atoms with Crippen molar-refractivity contribution in [2.24, 2.45) is 7.05 Å². The van der Waals surface area contributed by atoms with Gasteiger partial charge >= 0.3 is 0 Å². The Bertz CT molecular complexity index is 586. The van der Waals surface area contributed by atoms with Gasteiger partial charge in [0, 0.05) is 30.9 Å². The highest BCUT2D eigenvalue weighted by molar-refractivity contribution is 5.97. The van der Waals surface area contributed by atoms with E-state index in [4.69, 9.17) is 0 Å². The van der Waals surface area contributed by atoms with Crippen LogP contribution in [-0.4, -0.2) is 22.2 Å². The van der Waals surface area contributed by atoms with Crippen LogP contribution >= 0.6 is 0 Å². The van der Waals surface area contributed by atoms with Gasteiger partial charge in [0.15, 0.2) is 0 Å². The van der Waals surface area contributed by atoms with E-state index in [1.807, 2.05) is 31.6 Å². The molecule has 3 rings (SSSR count). The Labute approximate surface area is 99.3 Å². The first-order valence-corrected chi connectivity index (χ1v) is 5.64. The highest BCUT2D eigenvalue weighted by atomic mass is 16.1. The molecule has 4 nitrogen and oxygen atoms in total. The Balaban J connectivity index is 2.08. The topological polar surface area (TPSA) is 46.9 Å². The van der Waals surface area contributed by atoms with E-state index in [0.717, 1.165) is 35.2 Å². The van der Waals surface area contributed by atoms with E-state index in [0.29, 0.717) is 0 Å². The summed E-state index contributed by atoms with van der Waals surface area (Å²) in [5, 5.41) is 7.00. The van der Waals surface area contributed by atoms with E-state index in [9.17, 15) is 4.79 Å². The molecule has 0 spiro atoms. The average Bonchev–Trinajstić information content (AvgIpc) is 2.76. The summed E-state index contributed by atoms with van der Waals surface area (Å²) >= 11 is 0. The van der Waals surface area contributed by atoms with Crippen LogP contribution < -0.4 is 5.32 Å². The maximum atomic E-state index is 11.7. The molecule has 1 aromatic heterocycles. The molecule has 0 unspecified atom stereocenters. The predicted molar refractivity (Wildman–Crippen MR) is 64.7 cm³/mol. The van der Waals surface area contributed by atoms with Crippen molar-refractivity contribution in [3.63, 3.8) is 0 Å². The van der Waals surface area contributed by atoms with E-state index in [-0.39, 0.29) is 5.91 Å². The molecule has 0 radical (unpaired) electrons. The molecule has 86 valence electrons. The number of nitrogens with zero attached hydrogens (tertiary/aromatic N) is 2. The number of amides is 1. The molecular weight excluding hydrogens is 214 g/mol. The van der Waals surface area contributed by atoms with Gasteiger partial charge in [0.05, 0.1) is 6.20 Å². The van der Waals surface area contributed by atoms with Gasteiger partial charge in [-0.25, -0.2) is 0 Å². The molecule has 0 atom stereocenters. The molecule has 0 fully saturated rings. The summed E-state index contributed by atoms with van der Waals surface area (Å²) in [5.74, 6) is 0.0250. The number of benzene rings is 1. The predicted octanol–water partition coefficient (Wildman–Crippen LogP) is 1.37. The Kier molecular flexibility index (Phi) is 2.21. The fourth-order valence-electron chi connectivity index (χ4n) is 2.16. The van der Waals surface area contributed by atoms with Crippen molar-refractivity contribution in [1.29, 1.82) is 0 Å². The highest BCUT2D eigenvalue weighted by Crippen LogP contribution is 2.23. The summed E-state index contributed by atoms with van der Waals surface area (Å²) in [6.45, 7) is 0.734. The minimum Gasteiger partial charge on any atom is -0.352 e. The van der Waals surface area contributed by atoms with E-state index in [2.05, 4.69) is 16.5 Å². The standard InChI is InChI=1S/C13H13N3O/c1-16-8-11(7-15-16)10-3-2-9-4-5-14-13(17)12(9)6-10/h2-3,6-8H,4-5H2,1H3,(H,14,17). The maximum Gasteiger partial charge on any atom is 0.251 e. The third-order valence-electron chi connectivity index (χ3n) is 3.07. The lowest BCUT2D eigenvalue weighted by atomic mass is 9.96. The molecule has 2 heterocycles. The number of fused-ring (bicyclic) bond motifs is 1. The lowest BCUT2D eigenvalue weighted by Crippen LogP contribution is -2.31. The summed E-state index contributed by atoms with van der Waals surface area (Å²) in [6, 6.07) is 6.03. The van der Waals surface area contributed by atoms with E-state index in [1.54, 1.807) is 4.68 Å². The number of carbonyl (C=O) groups is 1. The van der Waals surface area contributed by atoms with E-state index in [1.165, 1.54) is 0 Å². The van der Waals surface area contributed by atoms with Gasteiger partial charge in [0.2, 0.25) is 0 Å². The molecule has 1 aliphatic heterocycles. The first-order valence-electron chi connectivity index (χ1n) is 5.64. The van der Waals surface area contributed by atoms with Crippen LogP contribution in [0.3, 0.4) is 0 Å². The third kappa shape index (κ3) is 1.71.